The smallest absolute Gasteiger partial charge is 0.326 e. The second-order valence-corrected chi connectivity index (χ2v) is 4.49. The van der Waals surface area contributed by atoms with Crippen LogP contribution in [0.2, 0.25) is 5.02 Å². The summed E-state index contributed by atoms with van der Waals surface area (Å²) < 4.78 is 5.27. The lowest BCUT2D eigenvalue weighted by atomic mass is 10.2. The zero-order chi connectivity index (χ0) is 15.8. The van der Waals surface area contributed by atoms with Crippen LogP contribution in [0, 0.1) is 0 Å². The molecule has 0 aliphatic heterocycles. The first-order valence-corrected chi connectivity index (χ1v) is 6.39. The summed E-state index contributed by atoms with van der Waals surface area (Å²) in [7, 11) is 0. The van der Waals surface area contributed by atoms with Gasteiger partial charge in [-0.2, -0.15) is 0 Å². The van der Waals surface area contributed by atoms with E-state index in [9.17, 15) is 14.4 Å². The molecule has 0 heterocycles. The Balaban J connectivity index is 2.41. The molecular formula is C13H14ClNO6. The maximum absolute atomic E-state index is 11.5. The lowest BCUT2D eigenvalue weighted by molar-refractivity contribution is -0.147. The van der Waals surface area contributed by atoms with E-state index in [1.807, 2.05) is 0 Å². The fourth-order valence-electron chi connectivity index (χ4n) is 1.46. The topological polar surface area (TPSA) is 113 Å². The highest BCUT2D eigenvalue weighted by Gasteiger charge is 2.22. The fraction of sp³-hybridized carbons (Fsp3) is 0.308. The van der Waals surface area contributed by atoms with Crippen LogP contribution < -0.4 is 10.1 Å². The van der Waals surface area contributed by atoms with Gasteiger partial charge in [-0.15, -0.1) is 0 Å². The number of benzene rings is 1. The molecule has 1 atom stereocenters. The Morgan fingerprint density at radius 1 is 1.24 bits per heavy atom. The Hall–Kier alpha value is -2.28. The van der Waals surface area contributed by atoms with Crippen LogP contribution in [0.25, 0.3) is 0 Å². The molecule has 0 aliphatic rings. The molecule has 21 heavy (non-hydrogen) atoms. The van der Waals surface area contributed by atoms with Crippen molar-refractivity contribution in [2.24, 2.45) is 0 Å². The van der Waals surface area contributed by atoms with Gasteiger partial charge in [0.25, 0.3) is 0 Å². The van der Waals surface area contributed by atoms with E-state index in [0.717, 1.165) is 0 Å². The minimum atomic E-state index is -1.46. The number of carbonyl (C=O) groups is 3. The summed E-state index contributed by atoms with van der Waals surface area (Å²) >= 11 is 5.85. The highest BCUT2D eigenvalue weighted by Crippen LogP contribution is 2.22. The number of para-hydroxylation sites is 1. The first-order valence-electron chi connectivity index (χ1n) is 6.01. The number of amides is 1. The molecule has 1 aromatic rings. The highest BCUT2D eigenvalue weighted by molar-refractivity contribution is 6.32. The average molecular weight is 316 g/mol. The van der Waals surface area contributed by atoms with E-state index < -0.39 is 30.3 Å². The monoisotopic (exact) mass is 315 g/mol. The van der Waals surface area contributed by atoms with Gasteiger partial charge >= 0.3 is 11.9 Å². The van der Waals surface area contributed by atoms with Crippen molar-refractivity contribution < 1.29 is 29.3 Å². The molecule has 0 spiro atoms. The number of carbonyl (C=O) groups excluding carboxylic acids is 1. The van der Waals surface area contributed by atoms with Crippen molar-refractivity contribution in [2.75, 3.05) is 6.61 Å². The van der Waals surface area contributed by atoms with Crippen LogP contribution in [-0.4, -0.2) is 40.7 Å². The molecular weight excluding hydrogens is 302 g/mol. The molecule has 0 aliphatic carbocycles. The number of carboxylic acids is 2. The highest BCUT2D eigenvalue weighted by atomic mass is 35.5. The van der Waals surface area contributed by atoms with Crippen molar-refractivity contribution in [2.45, 2.75) is 18.9 Å². The van der Waals surface area contributed by atoms with Crippen LogP contribution in [0.1, 0.15) is 12.8 Å². The number of hydrogen-bond donors (Lipinski definition) is 3. The van der Waals surface area contributed by atoms with Gasteiger partial charge in [-0.1, -0.05) is 23.7 Å². The van der Waals surface area contributed by atoms with E-state index >= 15 is 0 Å². The Labute approximate surface area is 125 Å². The number of rotatable bonds is 8. The van der Waals surface area contributed by atoms with Crippen molar-refractivity contribution in [1.29, 1.82) is 0 Å². The van der Waals surface area contributed by atoms with Crippen molar-refractivity contribution in [3.05, 3.63) is 29.3 Å². The standard InChI is InChI=1S/C13H14ClNO6/c14-8-3-1-2-4-10(8)21-6-5-11(16)15-9(13(19)20)7-12(17)18/h1-4,9H,5-7H2,(H,15,16)(H,17,18)(H,19,20)/t9-/m1/s1. The predicted molar refractivity (Wildman–Crippen MR) is 73.4 cm³/mol. The largest absolute Gasteiger partial charge is 0.491 e. The van der Waals surface area contributed by atoms with E-state index in [-0.39, 0.29) is 13.0 Å². The zero-order valence-electron chi connectivity index (χ0n) is 10.9. The second-order valence-electron chi connectivity index (χ2n) is 4.09. The van der Waals surface area contributed by atoms with E-state index in [4.69, 9.17) is 26.6 Å². The summed E-state index contributed by atoms with van der Waals surface area (Å²) in [5, 5.41) is 19.8. The molecule has 0 radical (unpaired) electrons. The van der Waals surface area contributed by atoms with Gasteiger partial charge in [0.05, 0.1) is 24.5 Å². The van der Waals surface area contributed by atoms with Crippen LogP contribution >= 0.6 is 11.6 Å². The molecule has 0 bridgehead atoms. The number of carboxylic acid groups (broad SMARTS) is 2. The van der Waals surface area contributed by atoms with Crippen LogP contribution in [0.5, 0.6) is 5.75 Å². The third kappa shape index (κ3) is 6.13. The summed E-state index contributed by atoms with van der Waals surface area (Å²) in [6.45, 7) is -0.00498. The quantitative estimate of drug-likeness (QED) is 0.663. The van der Waals surface area contributed by atoms with Crippen molar-refractivity contribution >= 4 is 29.4 Å². The molecule has 0 saturated carbocycles. The van der Waals surface area contributed by atoms with Crippen LogP contribution in [0.4, 0.5) is 0 Å². The molecule has 1 aromatic carbocycles. The van der Waals surface area contributed by atoms with Gasteiger partial charge in [0.15, 0.2) is 0 Å². The summed E-state index contributed by atoms with van der Waals surface area (Å²) in [5.74, 6) is -2.92. The van der Waals surface area contributed by atoms with Gasteiger partial charge in [-0.05, 0) is 12.1 Å². The third-order valence-electron chi connectivity index (χ3n) is 2.44. The van der Waals surface area contributed by atoms with Gasteiger partial charge in [0, 0.05) is 0 Å². The van der Waals surface area contributed by atoms with E-state index in [1.165, 1.54) is 0 Å². The van der Waals surface area contributed by atoms with E-state index in [2.05, 4.69) is 5.32 Å². The van der Waals surface area contributed by atoms with Gasteiger partial charge in [-0.3, -0.25) is 9.59 Å². The lowest BCUT2D eigenvalue weighted by Gasteiger charge is -2.13. The normalized spacial score (nSPS) is 11.5. The number of ether oxygens (including phenoxy) is 1. The van der Waals surface area contributed by atoms with Crippen LogP contribution in [0.3, 0.4) is 0 Å². The van der Waals surface area contributed by atoms with E-state index in [0.29, 0.717) is 10.8 Å². The number of nitrogens with one attached hydrogen (secondary N) is 1. The Bertz CT molecular complexity index is 533. The molecule has 1 rings (SSSR count). The minimum absolute atomic E-state index is 0.00498. The fourth-order valence-corrected chi connectivity index (χ4v) is 1.65. The molecule has 3 N–H and O–H groups in total. The van der Waals surface area contributed by atoms with Crippen molar-refractivity contribution in [3.8, 4) is 5.75 Å². The molecule has 0 aromatic heterocycles. The number of halogens is 1. The van der Waals surface area contributed by atoms with Gasteiger partial charge in [-0.25, -0.2) is 4.79 Å². The Kier molecular flexibility index (Phi) is 6.48. The Morgan fingerprint density at radius 2 is 1.90 bits per heavy atom. The number of aliphatic carboxylic acids is 2. The van der Waals surface area contributed by atoms with Crippen LogP contribution in [-0.2, 0) is 14.4 Å². The second kappa shape index (κ2) is 8.11. The first-order chi connectivity index (χ1) is 9.90. The SMILES string of the molecule is O=C(O)C[C@@H](NC(=O)CCOc1ccccc1Cl)C(=O)O. The molecule has 8 heteroatoms. The summed E-state index contributed by atoms with van der Waals surface area (Å²) in [4.78, 5) is 32.8. The van der Waals surface area contributed by atoms with Crippen molar-refractivity contribution in [3.63, 3.8) is 0 Å². The summed E-state index contributed by atoms with van der Waals surface area (Å²) in [6, 6.07) is 5.24. The maximum Gasteiger partial charge on any atom is 0.326 e. The third-order valence-corrected chi connectivity index (χ3v) is 2.75. The Morgan fingerprint density at radius 3 is 2.48 bits per heavy atom. The number of hydrogen-bond acceptors (Lipinski definition) is 4. The summed E-state index contributed by atoms with van der Waals surface area (Å²) in [5.41, 5.74) is 0. The lowest BCUT2D eigenvalue weighted by Crippen LogP contribution is -2.42. The average Bonchev–Trinajstić information content (AvgIpc) is 2.39. The summed E-state index contributed by atoms with van der Waals surface area (Å²) in [6.07, 6.45) is -0.804. The molecule has 114 valence electrons. The minimum Gasteiger partial charge on any atom is -0.491 e. The molecule has 1 amide bonds. The molecule has 0 unspecified atom stereocenters. The maximum atomic E-state index is 11.5. The van der Waals surface area contributed by atoms with E-state index in [1.54, 1.807) is 24.3 Å². The molecule has 7 nitrogen and oxygen atoms in total. The zero-order valence-corrected chi connectivity index (χ0v) is 11.7. The van der Waals surface area contributed by atoms with Gasteiger partial charge in [0.1, 0.15) is 11.8 Å². The van der Waals surface area contributed by atoms with Gasteiger partial charge in [0.2, 0.25) is 5.91 Å². The molecule has 0 saturated heterocycles. The van der Waals surface area contributed by atoms with Gasteiger partial charge < -0.3 is 20.3 Å². The van der Waals surface area contributed by atoms with Crippen molar-refractivity contribution in [1.82, 2.24) is 5.32 Å². The first kappa shape index (κ1) is 16.8. The van der Waals surface area contributed by atoms with Crippen LogP contribution in [0.15, 0.2) is 24.3 Å². The molecule has 0 fully saturated rings. The predicted octanol–water partition coefficient (Wildman–Crippen LogP) is 1.15.